The Balaban J connectivity index is 1.53. The van der Waals surface area contributed by atoms with Crippen LogP contribution < -0.4 is 10.0 Å². The van der Waals surface area contributed by atoms with E-state index >= 15 is 0 Å². The second-order valence-electron chi connectivity index (χ2n) is 7.56. The summed E-state index contributed by atoms with van der Waals surface area (Å²) in [4.78, 5) is 17.0. The van der Waals surface area contributed by atoms with Gasteiger partial charge in [-0.15, -0.1) is 0 Å². The number of fused-ring (bicyclic) bond motifs is 1. The lowest BCUT2D eigenvalue weighted by Gasteiger charge is -2.17. The lowest BCUT2D eigenvalue weighted by Crippen LogP contribution is -2.39. The van der Waals surface area contributed by atoms with Crippen molar-refractivity contribution in [3.05, 3.63) is 102 Å². The van der Waals surface area contributed by atoms with E-state index in [0.29, 0.717) is 17.6 Å². The molecule has 0 radical (unpaired) electrons. The molecule has 0 saturated heterocycles. The third-order valence-corrected chi connectivity index (χ3v) is 6.53. The summed E-state index contributed by atoms with van der Waals surface area (Å²) in [6.45, 7) is -0.242. The van der Waals surface area contributed by atoms with E-state index in [1.54, 1.807) is 24.4 Å². The molecular formula is C25H23N3O4S. The molecule has 4 aromatic rings. The molecule has 0 aliphatic rings. The maximum absolute atomic E-state index is 13.0. The third kappa shape index (κ3) is 5.36. The van der Waals surface area contributed by atoms with E-state index in [4.69, 9.17) is 0 Å². The fraction of sp³-hybridized carbons (Fsp3) is 0.120. The van der Waals surface area contributed by atoms with Gasteiger partial charge in [0.25, 0.3) is 15.9 Å². The topological polar surface area (TPSA) is 108 Å². The predicted molar refractivity (Wildman–Crippen MR) is 127 cm³/mol. The summed E-state index contributed by atoms with van der Waals surface area (Å²) in [6, 6.07) is 23.6. The van der Waals surface area contributed by atoms with Gasteiger partial charge in [0.1, 0.15) is 0 Å². The number of aliphatic hydroxyl groups excluding tert-OH is 1. The van der Waals surface area contributed by atoms with Crippen LogP contribution in [-0.4, -0.2) is 37.1 Å². The third-order valence-electron chi connectivity index (χ3n) is 5.16. The molecule has 1 atom stereocenters. The highest BCUT2D eigenvalue weighted by molar-refractivity contribution is 7.92. The zero-order valence-corrected chi connectivity index (χ0v) is 18.5. The standard InChI is InChI=1S/C25H23N3O4S/c29-17-21(15-18-7-2-1-3-8-18)27-25(30)20-10-4-12-22(16-20)33(31,32)28-23-13-5-9-19-11-6-14-26-24(19)23/h1-14,16,21,28-29H,15,17H2,(H,27,30)/t21-/m0/s1. The molecule has 0 saturated carbocycles. The van der Waals surface area contributed by atoms with E-state index in [-0.39, 0.29) is 17.1 Å². The minimum absolute atomic E-state index is 0.0494. The van der Waals surface area contributed by atoms with Crippen LogP contribution in [0.25, 0.3) is 10.9 Å². The number of anilines is 1. The molecule has 1 amide bonds. The van der Waals surface area contributed by atoms with Crippen molar-refractivity contribution in [3.63, 3.8) is 0 Å². The van der Waals surface area contributed by atoms with Gasteiger partial charge in [-0.1, -0.05) is 54.6 Å². The van der Waals surface area contributed by atoms with Crippen LogP contribution >= 0.6 is 0 Å². The first-order valence-corrected chi connectivity index (χ1v) is 11.9. The molecule has 0 spiro atoms. The first-order chi connectivity index (χ1) is 16.0. The van der Waals surface area contributed by atoms with E-state index in [2.05, 4.69) is 15.0 Å². The SMILES string of the molecule is O=C(N[C@H](CO)Cc1ccccc1)c1cccc(S(=O)(=O)Nc2cccc3cccnc23)c1. The van der Waals surface area contributed by atoms with E-state index < -0.39 is 22.0 Å². The summed E-state index contributed by atoms with van der Waals surface area (Å²) in [7, 11) is -3.96. The van der Waals surface area contributed by atoms with Crippen LogP contribution in [0, 0.1) is 0 Å². The van der Waals surface area contributed by atoms with Crippen LogP contribution in [0.2, 0.25) is 0 Å². The number of rotatable bonds is 8. The highest BCUT2D eigenvalue weighted by Gasteiger charge is 2.19. The molecule has 33 heavy (non-hydrogen) atoms. The first kappa shape index (κ1) is 22.4. The average Bonchev–Trinajstić information content (AvgIpc) is 2.84. The molecule has 0 aliphatic carbocycles. The van der Waals surface area contributed by atoms with Crippen molar-refractivity contribution in [2.45, 2.75) is 17.4 Å². The van der Waals surface area contributed by atoms with Crippen molar-refractivity contribution in [3.8, 4) is 0 Å². The minimum Gasteiger partial charge on any atom is -0.394 e. The van der Waals surface area contributed by atoms with Crippen molar-refractivity contribution in [1.29, 1.82) is 0 Å². The summed E-state index contributed by atoms with van der Waals surface area (Å²) in [5.41, 5.74) is 2.04. The highest BCUT2D eigenvalue weighted by Crippen LogP contribution is 2.24. The Morgan fingerprint density at radius 2 is 1.70 bits per heavy atom. The number of hydrogen-bond acceptors (Lipinski definition) is 5. The molecule has 0 bridgehead atoms. The van der Waals surface area contributed by atoms with Crippen LogP contribution in [0.15, 0.2) is 96.0 Å². The maximum Gasteiger partial charge on any atom is 0.261 e. The fourth-order valence-corrected chi connectivity index (χ4v) is 4.64. The van der Waals surface area contributed by atoms with E-state index in [9.17, 15) is 18.3 Å². The molecule has 1 aromatic heterocycles. The van der Waals surface area contributed by atoms with E-state index in [1.807, 2.05) is 42.5 Å². The second-order valence-corrected chi connectivity index (χ2v) is 9.24. The van der Waals surface area contributed by atoms with Crippen LogP contribution in [-0.2, 0) is 16.4 Å². The number of para-hydroxylation sites is 1. The largest absolute Gasteiger partial charge is 0.394 e. The molecule has 1 heterocycles. The number of carbonyl (C=O) groups excluding carboxylic acids is 1. The number of nitrogens with zero attached hydrogens (tertiary/aromatic N) is 1. The van der Waals surface area contributed by atoms with Crippen LogP contribution in [0.3, 0.4) is 0 Å². The number of sulfonamides is 1. The van der Waals surface area contributed by atoms with Crippen molar-refractivity contribution in [2.75, 3.05) is 11.3 Å². The predicted octanol–water partition coefficient (Wildman–Crippen LogP) is 3.37. The van der Waals surface area contributed by atoms with Gasteiger partial charge in [-0.05, 0) is 42.3 Å². The number of amides is 1. The van der Waals surface area contributed by atoms with Gasteiger partial charge in [0, 0.05) is 17.1 Å². The van der Waals surface area contributed by atoms with Crippen LogP contribution in [0.5, 0.6) is 0 Å². The molecule has 7 nitrogen and oxygen atoms in total. The quantitative estimate of drug-likeness (QED) is 0.373. The van der Waals surface area contributed by atoms with Crippen molar-refractivity contribution in [1.82, 2.24) is 10.3 Å². The first-order valence-electron chi connectivity index (χ1n) is 10.4. The van der Waals surface area contributed by atoms with Gasteiger partial charge in [-0.3, -0.25) is 14.5 Å². The molecule has 168 valence electrons. The number of pyridine rings is 1. The molecule has 4 rings (SSSR count). The number of hydrogen-bond donors (Lipinski definition) is 3. The number of benzene rings is 3. The van der Waals surface area contributed by atoms with Gasteiger partial charge in [0.2, 0.25) is 0 Å². The van der Waals surface area contributed by atoms with Gasteiger partial charge < -0.3 is 10.4 Å². The lowest BCUT2D eigenvalue weighted by atomic mass is 10.1. The number of aromatic nitrogens is 1. The summed E-state index contributed by atoms with van der Waals surface area (Å²) < 4.78 is 28.6. The average molecular weight is 462 g/mol. The van der Waals surface area contributed by atoms with Gasteiger partial charge in [-0.25, -0.2) is 8.42 Å². The number of nitrogens with one attached hydrogen (secondary N) is 2. The summed E-state index contributed by atoms with van der Waals surface area (Å²) in [6.07, 6.45) is 2.05. The molecular weight excluding hydrogens is 438 g/mol. The Labute approximate surface area is 192 Å². The van der Waals surface area contributed by atoms with Crippen molar-refractivity contribution in [2.24, 2.45) is 0 Å². The van der Waals surface area contributed by atoms with Crippen molar-refractivity contribution >= 4 is 32.5 Å². The van der Waals surface area contributed by atoms with E-state index in [1.165, 1.54) is 24.3 Å². The Morgan fingerprint density at radius 1 is 0.939 bits per heavy atom. The molecule has 0 fully saturated rings. The van der Waals surface area contributed by atoms with Gasteiger partial charge in [0.15, 0.2) is 0 Å². The molecule has 0 aliphatic heterocycles. The smallest absolute Gasteiger partial charge is 0.261 e. The Kier molecular flexibility index (Phi) is 6.67. The van der Waals surface area contributed by atoms with Gasteiger partial charge in [0.05, 0.1) is 28.7 Å². The summed E-state index contributed by atoms with van der Waals surface area (Å²) in [5.74, 6) is -0.464. The Morgan fingerprint density at radius 3 is 2.48 bits per heavy atom. The minimum atomic E-state index is -3.96. The highest BCUT2D eigenvalue weighted by atomic mass is 32.2. The molecule has 3 aromatic carbocycles. The van der Waals surface area contributed by atoms with Crippen LogP contribution in [0.4, 0.5) is 5.69 Å². The Hall–Kier alpha value is -3.75. The van der Waals surface area contributed by atoms with E-state index in [0.717, 1.165) is 10.9 Å². The summed E-state index contributed by atoms with van der Waals surface area (Å²) >= 11 is 0. The normalized spacial score (nSPS) is 12.3. The monoisotopic (exact) mass is 461 g/mol. The van der Waals surface area contributed by atoms with Crippen molar-refractivity contribution < 1.29 is 18.3 Å². The zero-order valence-electron chi connectivity index (χ0n) is 17.7. The summed E-state index contributed by atoms with van der Waals surface area (Å²) in [5, 5.41) is 13.3. The maximum atomic E-state index is 13.0. The molecule has 0 unspecified atom stereocenters. The fourth-order valence-electron chi connectivity index (χ4n) is 3.52. The van der Waals surface area contributed by atoms with Gasteiger partial charge >= 0.3 is 0 Å². The molecule has 8 heteroatoms. The zero-order chi connectivity index (χ0) is 23.3. The van der Waals surface area contributed by atoms with Crippen LogP contribution in [0.1, 0.15) is 15.9 Å². The second kappa shape index (κ2) is 9.81. The Bertz CT molecular complexity index is 1370. The number of aliphatic hydroxyl groups is 1. The lowest BCUT2D eigenvalue weighted by molar-refractivity contribution is 0.0916. The number of carbonyl (C=O) groups is 1. The molecule has 3 N–H and O–H groups in total. The van der Waals surface area contributed by atoms with Gasteiger partial charge in [-0.2, -0.15) is 0 Å².